The molecule has 0 aliphatic heterocycles. The smallest absolute Gasteiger partial charge is 0.151 e. The molecule has 19 heavy (non-hydrogen) atoms. The number of aromatic nitrogens is 1. The maximum atomic E-state index is 5.38. The Kier molecular flexibility index (Phi) is 8.45. The van der Waals surface area contributed by atoms with E-state index in [4.69, 9.17) is 9.26 Å². The molecule has 0 saturated carbocycles. The zero-order valence-corrected chi connectivity index (χ0v) is 12.4. The van der Waals surface area contributed by atoms with E-state index in [-0.39, 0.29) is 0 Å². The molecule has 1 aromatic rings. The molecule has 0 radical (unpaired) electrons. The molecular weight excluding hydrogens is 242 g/mol. The van der Waals surface area contributed by atoms with Crippen molar-refractivity contribution in [3.8, 4) is 0 Å². The normalized spacial score (nSPS) is 11.4. The number of hydrogen-bond acceptors (Lipinski definition) is 5. The van der Waals surface area contributed by atoms with Crippen LogP contribution in [0.5, 0.6) is 0 Å². The quantitative estimate of drug-likeness (QED) is 0.623. The summed E-state index contributed by atoms with van der Waals surface area (Å²) in [6.45, 7) is 12.3. The summed E-state index contributed by atoms with van der Waals surface area (Å²) in [5.41, 5.74) is 0.976. The number of ether oxygens (including phenoxy) is 1. The van der Waals surface area contributed by atoms with Gasteiger partial charge in [-0.3, -0.25) is 4.90 Å². The first kappa shape index (κ1) is 16.1. The maximum absolute atomic E-state index is 5.38. The van der Waals surface area contributed by atoms with Gasteiger partial charge in [0.05, 0.1) is 18.8 Å². The number of nitrogens with one attached hydrogen (secondary N) is 1. The summed E-state index contributed by atoms with van der Waals surface area (Å²) in [6, 6.07) is 2.03. The van der Waals surface area contributed by atoms with E-state index in [0.717, 1.165) is 63.8 Å². The van der Waals surface area contributed by atoms with Crippen LogP contribution in [-0.2, 0) is 17.8 Å². The standard InChI is InChI=1S/C14H27N3O2/c1-4-7-15-11-13-10-14(19-16-13)12-17(5-2)8-9-18-6-3/h10,15H,4-9,11-12H2,1-3H3. The second-order valence-corrected chi connectivity index (χ2v) is 4.53. The summed E-state index contributed by atoms with van der Waals surface area (Å²) in [5.74, 6) is 0.923. The van der Waals surface area contributed by atoms with Crippen LogP contribution < -0.4 is 5.32 Å². The van der Waals surface area contributed by atoms with Crippen LogP contribution in [0.3, 0.4) is 0 Å². The van der Waals surface area contributed by atoms with Gasteiger partial charge in [0.1, 0.15) is 0 Å². The lowest BCUT2D eigenvalue weighted by Crippen LogP contribution is -2.26. The fourth-order valence-electron chi connectivity index (χ4n) is 1.81. The van der Waals surface area contributed by atoms with Crippen molar-refractivity contribution in [2.75, 3.05) is 32.8 Å². The zero-order valence-electron chi connectivity index (χ0n) is 12.4. The SMILES string of the molecule is CCCNCc1cc(CN(CC)CCOCC)on1. The molecule has 0 fully saturated rings. The fourth-order valence-corrected chi connectivity index (χ4v) is 1.81. The molecule has 5 heteroatoms. The Labute approximate surface area is 116 Å². The van der Waals surface area contributed by atoms with Gasteiger partial charge in [-0.05, 0) is 26.4 Å². The van der Waals surface area contributed by atoms with Crippen molar-refractivity contribution >= 4 is 0 Å². The second-order valence-electron chi connectivity index (χ2n) is 4.53. The molecule has 1 aromatic heterocycles. The first-order chi connectivity index (χ1) is 9.30. The van der Waals surface area contributed by atoms with Gasteiger partial charge in [-0.2, -0.15) is 0 Å². The molecule has 1 heterocycles. The van der Waals surface area contributed by atoms with Gasteiger partial charge < -0.3 is 14.6 Å². The van der Waals surface area contributed by atoms with E-state index >= 15 is 0 Å². The van der Waals surface area contributed by atoms with Crippen molar-refractivity contribution < 1.29 is 9.26 Å². The molecule has 1 rings (SSSR count). The minimum atomic E-state index is 0.767. The predicted octanol–water partition coefficient (Wildman–Crippen LogP) is 2.03. The van der Waals surface area contributed by atoms with Crippen molar-refractivity contribution in [2.24, 2.45) is 0 Å². The largest absolute Gasteiger partial charge is 0.380 e. The van der Waals surface area contributed by atoms with Gasteiger partial charge in [-0.1, -0.05) is 19.0 Å². The van der Waals surface area contributed by atoms with E-state index < -0.39 is 0 Å². The van der Waals surface area contributed by atoms with E-state index in [1.165, 1.54) is 0 Å². The summed E-state index contributed by atoms with van der Waals surface area (Å²) < 4.78 is 10.7. The Hall–Kier alpha value is -0.910. The molecule has 0 bridgehead atoms. The molecule has 1 N–H and O–H groups in total. The van der Waals surface area contributed by atoms with Crippen LogP contribution in [0.1, 0.15) is 38.6 Å². The van der Waals surface area contributed by atoms with Crippen molar-refractivity contribution in [3.05, 3.63) is 17.5 Å². The fraction of sp³-hybridized carbons (Fsp3) is 0.786. The third-order valence-electron chi connectivity index (χ3n) is 2.92. The minimum Gasteiger partial charge on any atom is -0.380 e. The first-order valence-electron chi connectivity index (χ1n) is 7.25. The highest BCUT2D eigenvalue weighted by molar-refractivity contribution is 5.05. The monoisotopic (exact) mass is 269 g/mol. The Morgan fingerprint density at radius 3 is 2.89 bits per heavy atom. The number of likely N-dealkylation sites (N-methyl/N-ethyl adjacent to an activating group) is 1. The Morgan fingerprint density at radius 1 is 1.37 bits per heavy atom. The molecule has 0 saturated heterocycles. The van der Waals surface area contributed by atoms with Crippen LogP contribution in [0, 0.1) is 0 Å². The van der Waals surface area contributed by atoms with Gasteiger partial charge in [0.2, 0.25) is 0 Å². The average molecular weight is 269 g/mol. The average Bonchev–Trinajstić information content (AvgIpc) is 2.86. The lowest BCUT2D eigenvalue weighted by Gasteiger charge is -2.18. The van der Waals surface area contributed by atoms with Crippen LogP contribution >= 0.6 is 0 Å². The van der Waals surface area contributed by atoms with Gasteiger partial charge in [0.25, 0.3) is 0 Å². The Balaban J connectivity index is 2.33. The third kappa shape index (κ3) is 6.71. The lowest BCUT2D eigenvalue weighted by molar-refractivity contribution is 0.109. The summed E-state index contributed by atoms with van der Waals surface area (Å²) in [6.07, 6.45) is 1.13. The van der Waals surface area contributed by atoms with E-state index in [2.05, 4.69) is 29.2 Å². The van der Waals surface area contributed by atoms with Crippen LogP contribution in [0.4, 0.5) is 0 Å². The topological polar surface area (TPSA) is 50.5 Å². The Bertz CT molecular complexity index is 328. The molecule has 0 aromatic carbocycles. The van der Waals surface area contributed by atoms with Gasteiger partial charge in [0.15, 0.2) is 5.76 Å². The lowest BCUT2D eigenvalue weighted by atomic mass is 10.3. The van der Waals surface area contributed by atoms with E-state index in [9.17, 15) is 0 Å². The molecule has 110 valence electrons. The minimum absolute atomic E-state index is 0.767. The third-order valence-corrected chi connectivity index (χ3v) is 2.92. The zero-order chi connectivity index (χ0) is 13.9. The van der Waals surface area contributed by atoms with Crippen LogP contribution in [0.25, 0.3) is 0 Å². The van der Waals surface area contributed by atoms with E-state index in [1.807, 2.05) is 13.0 Å². The highest BCUT2D eigenvalue weighted by Gasteiger charge is 2.09. The van der Waals surface area contributed by atoms with Crippen LogP contribution in [0.2, 0.25) is 0 Å². The van der Waals surface area contributed by atoms with Gasteiger partial charge >= 0.3 is 0 Å². The van der Waals surface area contributed by atoms with Crippen molar-refractivity contribution in [1.29, 1.82) is 0 Å². The molecule has 0 aliphatic carbocycles. The van der Waals surface area contributed by atoms with Crippen molar-refractivity contribution in [2.45, 2.75) is 40.3 Å². The molecule has 0 spiro atoms. The van der Waals surface area contributed by atoms with Crippen molar-refractivity contribution in [3.63, 3.8) is 0 Å². The summed E-state index contributed by atoms with van der Waals surface area (Å²) in [5, 5.41) is 7.39. The van der Waals surface area contributed by atoms with Crippen molar-refractivity contribution in [1.82, 2.24) is 15.4 Å². The molecule has 0 amide bonds. The summed E-state index contributed by atoms with van der Waals surface area (Å²) in [4.78, 5) is 2.29. The van der Waals surface area contributed by atoms with Gasteiger partial charge in [-0.25, -0.2) is 0 Å². The Morgan fingerprint density at radius 2 is 2.21 bits per heavy atom. The number of hydrogen-bond donors (Lipinski definition) is 1. The molecule has 5 nitrogen and oxygen atoms in total. The van der Waals surface area contributed by atoms with E-state index in [0.29, 0.717) is 0 Å². The van der Waals surface area contributed by atoms with E-state index in [1.54, 1.807) is 0 Å². The second kappa shape index (κ2) is 9.95. The summed E-state index contributed by atoms with van der Waals surface area (Å²) in [7, 11) is 0. The van der Waals surface area contributed by atoms with Crippen LogP contribution in [0.15, 0.2) is 10.6 Å². The van der Waals surface area contributed by atoms with Gasteiger partial charge in [-0.15, -0.1) is 0 Å². The van der Waals surface area contributed by atoms with Gasteiger partial charge in [0, 0.05) is 25.8 Å². The molecule has 0 aliphatic rings. The molecule has 0 unspecified atom stereocenters. The number of nitrogens with zero attached hydrogens (tertiary/aromatic N) is 2. The van der Waals surface area contributed by atoms with Crippen LogP contribution in [-0.4, -0.2) is 42.9 Å². The summed E-state index contributed by atoms with van der Waals surface area (Å²) >= 11 is 0. The number of rotatable bonds is 11. The first-order valence-corrected chi connectivity index (χ1v) is 7.25. The molecular formula is C14H27N3O2. The highest BCUT2D eigenvalue weighted by atomic mass is 16.5. The highest BCUT2D eigenvalue weighted by Crippen LogP contribution is 2.07. The predicted molar refractivity (Wildman–Crippen MR) is 75.9 cm³/mol. The maximum Gasteiger partial charge on any atom is 0.151 e. The molecule has 0 atom stereocenters.